The van der Waals surface area contributed by atoms with Gasteiger partial charge in [-0.05, 0) is 69.9 Å². The third kappa shape index (κ3) is 3.50. The first-order chi connectivity index (χ1) is 14.3. The van der Waals surface area contributed by atoms with Crippen LogP contribution < -0.4 is 5.32 Å². The fraction of sp³-hybridized carbons (Fsp3) is 0.565. The molecule has 3 amide bonds. The molecule has 2 aliphatic carbocycles. The second-order valence-electron chi connectivity index (χ2n) is 8.92. The van der Waals surface area contributed by atoms with Crippen LogP contribution in [-0.4, -0.2) is 46.8 Å². The number of nitrogens with zero attached hydrogens (tertiary/aromatic N) is 1. The average Bonchev–Trinajstić information content (AvgIpc) is 3.42. The Balaban J connectivity index is 1.33. The van der Waals surface area contributed by atoms with Gasteiger partial charge in [-0.2, -0.15) is 0 Å². The lowest BCUT2D eigenvalue weighted by atomic mass is 9.84. The van der Waals surface area contributed by atoms with E-state index in [0.29, 0.717) is 11.8 Å². The third-order valence-corrected chi connectivity index (χ3v) is 7.02. The van der Waals surface area contributed by atoms with E-state index in [1.807, 2.05) is 6.92 Å². The Morgan fingerprint density at radius 2 is 1.67 bits per heavy atom. The molecule has 0 saturated heterocycles. The predicted octanol–water partition coefficient (Wildman–Crippen LogP) is 2.54. The van der Waals surface area contributed by atoms with Crippen LogP contribution in [0.5, 0.6) is 0 Å². The minimum atomic E-state index is -1.12. The fourth-order valence-electron chi connectivity index (χ4n) is 5.35. The Labute approximate surface area is 176 Å². The maximum atomic E-state index is 12.6. The molecule has 1 aromatic rings. The van der Waals surface area contributed by atoms with Crippen molar-refractivity contribution in [1.29, 1.82) is 0 Å². The van der Waals surface area contributed by atoms with Crippen molar-refractivity contribution in [3.05, 3.63) is 35.4 Å². The van der Waals surface area contributed by atoms with Crippen molar-refractivity contribution in [2.24, 2.45) is 17.8 Å². The molecule has 1 heterocycles. The largest absolute Gasteiger partial charge is 0.451 e. The second kappa shape index (κ2) is 7.85. The molecule has 1 aliphatic heterocycles. The second-order valence-corrected chi connectivity index (χ2v) is 8.92. The van der Waals surface area contributed by atoms with Crippen LogP contribution in [0.25, 0.3) is 0 Å². The molecule has 160 valence electrons. The predicted molar refractivity (Wildman–Crippen MR) is 109 cm³/mol. The molecule has 0 aromatic heterocycles. The summed E-state index contributed by atoms with van der Waals surface area (Å²) in [7, 11) is 0. The number of esters is 1. The molecule has 0 spiro atoms. The first-order valence-electron chi connectivity index (χ1n) is 10.8. The molecular formula is C23H28N2O5. The molecule has 7 heteroatoms. The van der Waals surface area contributed by atoms with Crippen molar-refractivity contribution in [2.45, 2.75) is 64.6 Å². The Morgan fingerprint density at radius 1 is 1.03 bits per heavy atom. The topological polar surface area (TPSA) is 92.8 Å². The van der Waals surface area contributed by atoms with Crippen LogP contribution in [0, 0.1) is 17.8 Å². The Morgan fingerprint density at radius 3 is 2.20 bits per heavy atom. The van der Waals surface area contributed by atoms with Gasteiger partial charge in [0.1, 0.15) is 6.04 Å². The van der Waals surface area contributed by atoms with Crippen LogP contribution in [0.2, 0.25) is 0 Å². The number of carbonyl (C=O) groups is 4. The summed E-state index contributed by atoms with van der Waals surface area (Å²) in [6.07, 6.45) is 3.93. The molecule has 3 aliphatic rings. The van der Waals surface area contributed by atoms with E-state index >= 15 is 0 Å². The molecule has 30 heavy (non-hydrogen) atoms. The molecule has 0 unspecified atom stereocenters. The van der Waals surface area contributed by atoms with Crippen LogP contribution in [0.15, 0.2) is 24.3 Å². The van der Waals surface area contributed by atoms with Crippen LogP contribution in [0.1, 0.15) is 67.2 Å². The van der Waals surface area contributed by atoms with Gasteiger partial charge >= 0.3 is 5.97 Å². The molecule has 2 saturated carbocycles. The normalized spacial score (nSPS) is 27.6. The van der Waals surface area contributed by atoms with Gasteiger partial charge in [0.05, 0.1) is 11.1 Å². The maximum Gasteiger partial charge on any atom is 0.329 e. The SMILES string of the molecule is C[C@H](OC(=O)[C@H](C)N1C(=O)c2ccccc2C1=O)C(=O)N[C@H](C)[C@@H]1C[C@H]2CC[C@H]1C2. The van der Waals surface area contributed by atoms with Crippen molar-refractivity contribution in [3.8, 4) is 0 Å². The van der Waals surface area contributed by atoms with Gasteiger partial charge in [-0.1, -0.05) is 18.6 Å². The van der Waals surface area contributed by atoms with E-state index in [4.69, 9.17) is 4.74 Å². The summed E-state index contributed by atoms with van der Waals surface area (Å²) >= 11 is 0. The van der Waals surface area contributed by atoms with Gasteiger partial charge in [0.25, 0.3) is 17.7 Å². The van der Waals surface area contributed by atoms with E-state index in [2.05, 4.69) is 5.32 Å². The highest BCUT2D eigenvalue weighted by Gasteiger charge is 2.43. The quantitative estimate of drug-likeness (QED) is 0.573. The average molecular weight is 412 g/mol. The zero-order valence-electron chi connectivity index (χ0n) is 17.6. The van der Waals surface area contributed by atoms with Crippen molar-refractivity contribution in [2.75, 3.05) is 0 Å². The molecule has 0 radical (unpaired) electrons. The van der Waals surface area contributed by atoms with E-state index in [-0.39, 0.29) is 23.1 Å². The van der Waals surface area contributed by atoms with Crippen LogP contribution >= 0.6 is 0 Å². The van der Waals surface area contributed by atoms with Gasteiger partial charge in [0.2, 0.25) is 0 Å². The van der Waals surface area contributed by atoms with Gasteiger partial charge < -0.3 is 10.1 Å². The van der Waals surface area contributed by atoms with Crippen LogP contribution in [-0.2, 0) is 14.3 Å². The number of carbonyl (C=O) groups excluding carboxylic acids is 4. The zero-order chi connectivity index (χ0) is 21.6. The molecule has 1 N–H and O–H groups in total. The minimum Gasteiger partial charge on any atom is -0.451 e. The van der Waals surface area contributed by atoms with Crippen molar-refractivity contribution >= 4 is 23.7 Å². The molecule has 1 aromatic carbocycles. The summed E-state index contributed by atoms with van der Waals surface area (Å²) in [5.74, 6) is -0.239. The number of imide groups is 1. The van der Waals surface area contributed by atoms with Gasteiger partial charge in [0, 0.05) is 6.04 Å². The molecular weight excluding hydrogens is 384 g/mol. The first-order valence-corrected chi connectivity index (χ1v) is 10.8. The third-order valence-electron chi connectivity index (χ3n) is 7.02. The lowest BCUT2D eigenvalue weighted by Crippen LogP contribution is -2.48. The fourth-order valence-corrected chi connectivity index (χ4v) is 5.35. The van der Waals surface area contributed by atoms with E-state index < -0.39 is 29.9 Å². The summed E-state index contributed by atoms with van der Waals surface area (Å²) in [6, 6.07) is 5.36. The van der Waals surface area contributed by atoms with Gasteiger partial charge in [-0.3, -0.25) is 19.3 Å². The van der Waals surface area contributed by atoms with Gasteiger partial charge in [-0.25, -0.2) is 4.79 Å². The first kappa shape index (κ1) is 20.6. The highest BCUT2D eigenvalue weighted by Crippen LogP contribution is 2.49. The van der Waals surface area contributed by atoms with Crippen LogP contribution in [0.3, 0.4) is 0 Å². The minimum absolute atomic E-state index is 0.0302. The Bertz CT molecular complexity index is 862. The number of benzene rings is 1. The van der Waals surface area contributed by atoms with Crippen molar-refractivity contribution in [1.82, 2.24) is 10.2 Å². The summed E-state index contributed by atoms with van der Waals surface area (Å²) < 4.78 is 5.31. The lowest BCUT2D eigenvalue weighted by Gasteiger charge is -2.29. The summed E-state index contributed by atoms with van der Waals surface area (Å²) in [5.41, 5.74) is 0.542. The maximum absolute atomic E-state index is 12.6. The lowest BCUT2D eigenvalue weighted by molar-refractivity contribution is -0.158. The number of amides is 3. The monoisotopic (exact) mass is 412 g/mol. The zero-order valence-corrected chi connectivity index (χ0v) is 17.6. The number of hydrogen-bond acceptors (Lipinski definition) is 5. The number of nitrogens with one attached hydrogen (secondary N) is 1. The molecule has 7 nitrogen and oxygen atoms in total. The summed E-state index contributed by atoms with van der Waals surface area (Å²) in [4.78, 5) is 51.1. The molecule has 4 rings (SSSR count). The number of rotatable bonds is 6. The summed E-state index contributed by atoms with van der Waals surface area (Å²) in [6.45, 7) is 4.96. The Hall–Kier alpha value is -2.70. The van der Waals surface area contributed by atoms with Crippen molar-refractivity contribution < 1.29 is 23.9 Å². The van der Waals surface area contributed by atoms with Gasteiger partial charge in [-0.15, -0.1) is 0 Å². The smallest absolute Gasteiger partial charge is 0.329 e. The number of fused-ring (bicyclic) bond motifs is 3. The molecule has 6 atom stereocenters. The number of hydrogen-bond donors (Lipinski definition) is 1. The van der Waals surface area contributed by atoms with E-state index in [0.717, 1.165) is 17.2 Å². The van der Waals surface area contributed by atoms with Crippen LogP contribution in [0.4, 0.5) is 0 Å². The highest BCUT2D eigenvalue weighted by atomic mass is 16.5. The van der Waals surface area contributed by atoms with Crippen molar-refractivity contribution in [3.63, 3.8) is 0 Å². The van der Waals surface area contributed by atoms with E-state index in [1.165, 1.54) is 33.1 Å². The Kier molecular flexibility index (Phi) is 5.38. The highest BCUT2D eigenvalue weighted by molar-refractivity contribution is 6.22. The molecule has 2 bridgehead atoms. The van der Waals surface area contributed by atoms with Gasteiger partial charge in [0.15, 0.2) is 6.10 Å². The standard InChI is InChI=1S/C23H28N2O5/c1-12(19-11-15-8-9-16(19)10-15)24-20(26)14(3)30-23(29)13(2)25-21(27)17-6-4-5-7-18(17)22(25)28/h4-7,12-16,19H,8-11H2,1-3H3,(H,24,26)/t12-,13+,14+,15+,16+,19+/m1/s1. The van der Waals surface area contributed by atoms with E-state index in [9.17, 15) is 19.2 Å². The summed E-state index contributed by atoms with van der Waals surface area (Å²) in [5, 5.41) is 2.99. The van der Waals surface area contributed by atoms with E-state index in [1.54, 1.807) is 24.3 Å². The number of ether oxygens (including phenoxy) is 1. The molecule has 2 fully saturated rings.